The maximum atomic E-state index is 12.2. The molecule has 0 fully saturated rings. The lowest BCUT2D eigenvalue weighted by Crippen LogP contribution is -2.32. The zero-order valence-electron chi connectivity index (χ0n) is 15.0. The second kappa shape index (κ2) is 9.61. The van der Waals surface area contributed by atoms with E-state index in [1.165, 1.54) is 12.4 Å². The lowest BCUT2D eigenvalue weighted by Gasteiger charge is -2.28. The third-order valence-corrected chi connectivity index (χ3v) is 5.05. The Morgan fingerprint density at radius 1 is 0.967 bits per heavy atom. The topological polar surface area (TPSA) is 156 Å². The van der Waals surface area contributed by atoms with Crippen molar-refractivity contribution >= 4 is 47.9 Å². The Hall–Kier alpha value is -2.39. The molecule has 11 nitrogen and oxygen atoms in total. The number of nitrogens with two attached hydrogens (primary N) is 1. The summed E-state index contributed by atoms with van der Waals surface area (Å²) in [5.74, 6) is -0.492. The molecule has 0 unspecified atom stereocenters. The summed E-state index contributed by atoms with van der Waals surface area (Å²) in [5.41, 5.74) is 0.513. The van der Waals surface area contributed by atoms with Crippen LogP contribution in [0.15, 0.2) is 51.9 Å². The Kier molecular flexibility index (Phi) is 7.14. The highest BCUT2D eigenvalue weighted by Gasteiger charge is 2.20. The van der Waals surface area contributed by atoms with Crippen molar-refractivity contribution in [2.24, 2.45) is 5.14 Å². The Morgan fingerprint density at radius 3 is 2.23 bits per heavy atom. The fourth-order valence-corrected chi connectivity index (χ4v) is 3.09. The van der Waals surface area contributed by atoms with Crippen molar-refractivity contribution in [3.8, 4) is 23.0 Å². The predicted octanol–water partition coefficient (Wildman–Crippen LogP) is 2.42. The normalized spacial score (nSPS) is 11.2. The molecule has 0 aliphatic rings. The van der Waals surface area contributed by atoms with Gasteiger partial charge in [-0.25, -0.2) is 25.1 Å². The minimum absolute atomic E-state index is 0.00758. The summed E-state index contributed by atoms with van der Waals surface area (Å²) in [7, 11) is -4.60. The van der Waals surface area contributed by atoms with Crippen LogP contribution in [0.25, 0.3) is 11.1 Å². The third kappa shape index (κ3) is 5.60. The standard InChI is InChI=1S/C16H13Br2N6O5S/c17-11-3-1-10(2-4-11)13-14(24(25)30(19,26)27)22-9-23-15(13)28-5-6-29-16-20-7-12(18)8-21-16/h1-4,7-9H,5-6H2,(H2,19,26,27)/q-1. The highest BCUT2D eigenvalue weighted by molar-refractivity contribution is 9.10. The van der Waals surface area contributed by atoms with E-state index < -0.39 is 16.0 Å². The molecule has 0 atom stereocenters. The van der Waals surface area contributed by atoms with Crippen molar-refractivity contribution in [2.45, 2.75) is 0 Å². The lowest BCUT2D eigenvalue weighted by atomic mass is 10.1. The molecule has 2 aromatic heterocycles. The molecule has 0 bridgehead atoms. The van der Waals surface area contributed by atoms with Crippen LogP contribution in [0.4, 0.5) is 5.82 Å². The molecule has 158 valence electrons. The number of nitrogens with zero attached hydrogens (tertiary/aromatic N) is 5. The zero-order chi connectivity index (χ0) is 21.7. The van der Waals surface area contributed by atoms with Crippen LogP contribution in [-0.4, -0.2) is 41.6 Å². The summed E-state index contributed by atoms with van der Waals surface area (Å²) in [6, 6.07) is 6.84. The van der Waals surface area contributed by atoms with Crippen LogP contribution in [0, 0.1) is 5.21 Å². The van der Waals surface area contributed by atoms with Crippen LogP contribution in [-0.2, 0) is 10.2 Å². The van der Waals surface area contributed by atoms with Crippen molar-refractivity contribution < 1.29 is 17.9 Å². The van der Waals surface area contributed by atoms with Crippen LogP contribution in [0.2, 0.25) is 0 Å². The summed E-state index contributed by atoms with van der Waals surface area (Å²) in [4.78, 5) is 15.7. The van der Waals surface area contributed by atoms with E-state index in [4.69, 9.17) is 14.6 Å². The van der Waals surface area contributed by atoms with E-state index in [1.54, 1.807) is 24.3 Å². The number of hydrogen-bond donors (Lipinski definition) is 1. The first kappa shape index (κ1) is 22.3. The number of anilines is 1. The fraction of sp³-hybridized carbons (Fsp3) is 0.125. The first-order valence-electron chi connectivity index (χ1n) is 8.10. The van der Waals surface area contributed by atoms with Gasteiger partial charge in [-0.3, -0.25) is 0 Å². The molecule has 3 aromatic rings. The van der Waals surface area contributed by atoms with E-state index in [0.717, 1.165) is 10.8 Å². The molecule has 0 saturated carbocycles. The predicted molar refractivity (Wildman–Crippen MR) is 115 cm³/mol. The first-order chi connectivity index (χ1) is 14.3. The lowest BCUT2D eigenvalue weighted by molar-refractivity contribution is 0.202. The van der Waals surface area contributed by atoms with Gasteiger partial charge in [0.2, 0.25) is 5.88 Å². The van der Waals surface area contributed by atoms with Gasteiger partial charge in [-0.2, -0.15) is 8.42 Å². The van der Waals surface area contributed by atoms with Gasteiger partial charge in [0, 0.05) is 16.9 Å². The van der Waals surface area contributed by atoms with E-state index in [2.05, 4.69) is 51.8 Å². The smallest absolute Gasteiger partial charge is 0.316 e. The van der Waals surface area contributed by atoms with Gasteiger partial charge in [0.1, 0.15) is 25.4 Å². The van der Waals surface area contributed by atoms with Gasteiger partial charge in [-0.1, -0.05) is 28.1 Å². The first-order valence-corrected chi connectivity index (χ1v) is 11.2. The van der Waals surface area contributed by atoms with Crippen molar-refractivity contribution in [2.75, 3.05) is 17.7 Å². The summed E-state index contributed by atoms with van der Waals surface area (Å²) in [5, 5.41) is 17.2. The molecule has 2 heterocycles. The number of benzene rings is 1. The molecule has 2 N–H and O–H groups in total. The van der Waals surface area contributed by atoms with Crippen LogP contribution < -0.4 is 19.1 Å². The number of halogens is 2. The van der Waals surface area contributed by atoms with E-state index in [1.807, 2.05) is 0 Å². The largest absolute Gasteiger partial charge is 0.742 e. The Labute approximate surface area is 188 Å². The number of hydrogen-bond acceptors (Lipinski definition) is 9. The zero-order valence-corrected chi connectivity index (χ0v) is 19.0. The van der Waals surface area contributed by atoms with Crippen molar-refractivity contribution in [3.05, 3.63) is 57.1 Å². The van der Waals surface area contributed by atoms with Crippen LogP contribution in [0.3, 0.4) is 0 Å². The summed E-state index contributed by atoms with van der Waals surface area (Å²) >= 11 is 6.53. The van der Waals surface area contributed by atoms with Crippen molar-refractivity contribution in [1.82, 2.24) is 19.9 Å². The number of rotatable bonds is 8. The highest BCUT2D eigenvalue weighted by Crippen LogP contribution is 2.36. The molecule has 3 rings (SSSR count). The molecule has 1 aromatic carbocycles. The van der Waals surface area contributed by atoms with E-state index in [9.17, 15) is 13.6 Å². The minimum Gasteiger partial charge on any atom is -0.742 e. The van der Waals surface area contributed by atoms with Gasteiger partial charge in [-0.05, 0) is 33.6 Å². The Balaban J connectivity index is 1.85. The molecular formula is C16H13Br2N6O5S-. The molecule has 0 saturated heterocycles. The number of ether oxygens (including phenoxy) is 2. The number of aromatic nitrogens is 4. The molecule has 0 aliphatic carbocycles. The summed E-state index contributed by atoms with van der Waals surface area (Å²) < 4.78 is 35.2. The maximum Gasteiger partial charge on any atom is 0.316 e. The fourth-order valence-electron chi connectivity index (χ4n) is 2.24. The van der Waals surface area contributed by atoms with Gasteiger partial charge in [0.25, 0.3) is 10.2 Å². The summed E-state index contributed by atoms with van der Waals surface area (Å²) in [6.07, 6.45) is 4.06. The van der Waals surface area contributed by atoms with E-state index in [-0.39, 0.29) is 35.1 Å². The van der Waals surface area contributed by atoms with Gasteiger partial charge in [0.15, 0.2) is 0 Å². The molecular weight excluding hydrogens is 548 g/mol. The molecule has 0 radical (unpaired) electrons. The molecule has 0 amide bonds. The van der Waals surface area contributed by atoms with Crippen molar-refractivity contribution in [3.63, 3.8) is 0 Å². The monoisotopic (exact) mass is 559 g/mol. The average molecular weight is 561 g/mol. The van der Waals surface area contributed by atoms with E-state index >= 15 is 0 Å². The maximum absolute atomic E-state index is 12.2. The SMILES string of the molecule is NS(=O)(=O)N([O-])c1ncnc(OCCOc2ncc(Br)cn2)c1-c1ccc(Br)cc1. The van der Waals surface area contributed by atoms with Crippen LogP contribution in [0.5, 0.6) is 11.9 Å². The van der Waals surface area contributed by atoms with Gasteiger partial charge in [-0.15, -0.1) is 0 Å². The molecule has 14 heteroatoms. The third-order valence-electron chi connectivity index (χ3n) is 3.48. The Bertz CT molecular complexity index is 1120. The van der Waals surface area contributed by atoms with Crippen molar-refractivity contribution in [1.29, 1.82) is 0 Å². The van der Waals surface area contributed by atoms with Gasteiger partial charge < -0.3 is 19.1 Å². The summed E-state index contributed by atoms with van der Waals surface area (Å²) in [6.45, 7) is 0.0741. The molecule has 30 heavy (non-hydrogen) atoms. The van der Waals surface area contributed by atoms with Gasteiger partial charge in [0.05, 0.1) is 10.0 Å². The molecule has 0 spiro atoms. The van der Waals surface area contributed by atoms with Gasteiger partial charge >= 0.3 is 6.01 Å². The highest BCUT2D eigenvalue weighted by atomic mass is 79.9. The van der Waals surface area contributed by atoms with E-state index in [0.29, 0.717) is 10.0 Å². The second-order valence-corrected chi connectivity index (χ2v) is 8.73. The molecule has 0 aliphatic heterocycles. The Morgan fingerprint density at radius 2 is 1.60 bits per heavy atom. The second-order valence-electron chi connectivity index (χ2n) is 5.54. The minimum atomic E-state index is -4.60. The quantitative estimate of drug-likeness (QED) is 0.322. The van der Waals surface area contributed by atoms with Crippen LogP contribution >= 0.6 is 31.9 Å². The average Bonchev–Trinajstić information content (AvgIpc) is 2.72. The van der Waals surface area contributed by atoms with Crippen LogP contribution in [0.1, 0.15) is 0 Å².